The lowest BCUT2D eigenvalue weighted by Crippen LogP contribution is -2.59. The first kappa shape index (κ1) is 14.6. The second kappa shape index (κ2) is 5.81. The normalized spacial score (nSPS) is 26.5. The lowest BCUT2D eigenvalue weighted by atomic mass is 9.97. The number of carboxylic acid groups (broad SMARTS) is 1. The van der Waals surface area contributed by atoms with Gasteiger partial charge >= 0.3 is 5.97 Å². The van der Waals surface area contributed by atoms with Gasteiger partial charge in [0.05, 0.1) is 5.02 Å². The van der Waals surface area contributed by atoms with Crippen molar-refractivity contribution in [2.24, 2.45) is 0 Å². The number of pyridine rings is 1. The van der Waals surface area contributed by atoms with Gasteiger partial charge < -0.3 is 10.0 Å². The number of piperidine rings is 1. The number of rotatable bonds is 2. The maximum atomic E-state index is 11.2. The smallest absolute Gasteiger partial charge is 0.356 e. The fourth-order valence-corrected chi connectivity index (χ4v) is 3.60. The van der Waals surface area contributed by atoms with Crippen LogP contribution < -0.4 is 4.90 Å². The molecular weight excluding hydrogens is 290 g/mol. The molecule has 2 saturated heterocycles. The number of aromatic carboxylic acids is 1. The average molecular weight is 310 g/mol. The van der Waals surface area contributed by atoms with Crippen LogP contribution in [0.25, 0.3) is 0 Å². The summed E-state index contributed by atoms with van der Waals surface area (Å²) in [6.07, 6.45) is 3.77. The number of halogens is 1. The Hall–Kier alpha value is -1.33. The lowest BCUT2D eigenvalue weighted by Gasteiger charge is -2.48. The molecule has 0 spiro atoms. The van der Waals surface area contributed by atoms with Crippen molar-refractivity contribution in [2.45, 2.75) is 38.3 Å². The average Bonchev–Trinajstić information content (AvgIpc) is 2.47. The largest absolute Gasteiger partial charge is 0.476 e. The lowest BCUT2D eigenvalue weighted by molar-refractivity contribution is 0.0690. The third-order valence-corrected chi connectivity index (χ3v) is 4.82. The van der Waals surface area contributed by atoms with Crippen molar-refractivity contribution in [3.05, 3.63) is 22.8 Å². The molecule has 3 heterocycles. The van der Waals surface area contributed by atoms with E-state index in [4.69, 9.17) is 16.7 Å². The van der Waals surface area contributed by atoms with E-state index in [2.05, 4.69) is 21.7 Å². The molecule has 3 rings (SSSR count). The molecule has 2 aliphatic rings. The first-order chi connectivity index (χ1) is 10.1. The maximum absolute atomic E-state index is 11.2. The van der Waals surface area contributed by atoms with Gasteiger partial charge in [-0.05, 0) is 38.4 Å². The van der Waals surface area contributed by atoms with Crippen LogP contribution in [0, 0.1) is 0 Å². The Labute approximate surface area is 129 Å². The standard InChI is InChI=1S/C15H20ClN3O2/c1-10-8-18-7-3-2-4-11(18)9-19(10)13-6-5-12(16)14(17-13)15(20)21/h5-6,10-11H,2-4,7-9H2,1H3,(H,20,21). The number of carboxylic acids is 1. The van der Waals surface area contributed by atoms with Gasteiger partial charge in [-0.15, -0.1) is 0 Å². The zero-order chi connectivity index (χ0) is 15.0. The SMILES string of the molecule is CC1CN2CCCCC2CN1c1ccc(Cl)c(C(=O)O)n1. The molecule has 0 amide bonds. The molecular formula is C15H20ClN3O2. The quantitative estimate of drug-likeness (QED) is 0.909. The molecule has 0 radical (unpaired) electrons. The van der Waals surface area contributed by atoms with Crippen LogP contribution in [0.3, 0.4) is 0 Å². The zero-order valence-corrected chi connectivity index (χ0v) is 12.9. The van der Waals surface area contributed by atoms with Gasteiger partial charge in [-0.2, -0.15) is 0 Å². The third-order valence-electron chi connectivity index (χ3n) is 4.52. The first-order valence-corrected chi connectivity index (χ1v) is 7.84. The van der Waals surface area contributed by atoms with Crippen molar-refractivity contribution in [1.29, 1.82) is 0 Å². The fraction of sp³-hybridized carbons (Fsp3) is 0.600. The van der Waals surface area contributed by atoms with Crippen LogP contribution in [0.1, 0.15) is 36.7 Å². The number of piperazine rings is 1. The van der Waals surface area contributed by atoms with Crippen molar-refractivity contribution in [3.63, 3.8) is 0 Å². The highest BCUT2D eigenvalue weighted by Gasteiger charge is 2.33. The number of anilines is 1. The minimum absolute atomic E-state index is 0.0626. The van der Waals surface area contributed by atoms with Gasteiger partial charge in [0, 0.05) is 25.2 Å². The van der Waals surface area contributed by atoms with Crippen LogP contribution in [0.15, 0.2) is 12.1 Å². The summed E-state index contributed by atoms with van der Waals surface area (Å²) in [7, 11) is 0. The van der Waals surface area contributed by atoms with Crippen molar-refractivity contribution in [2.75, 3.05) is 24.5 Å². The van der Waals surface area contributed by atoms with Crippen molar-refractivity contribution < 1.29 is 9.90 Å². The van der Waals surface area contributed by atoms with E-state index in [1.165, 1.54) is 25.8 Å². The summed E-state index contributed by atoms with van der Waals surface area (Å²) in [5.74, 6) is -0.361. The van der Waals surface area contributed by atoms with Crippen LogP contribution in [0.2, 0.25) is 5.02 Å². The van der Waals surface area contributed by atoms with Gasteiger partial charge in [-0.3, -0.25) is 4.90 Å². The summed E-state index contributed by atoms with van der Waals surface area (Å²) in [4.78, 5) is 20.2. The molecule has 1 aromatic rings. The molecule has 2 unspecified atom stereocenters. The van der Waals surface area contributed by atoms with Crippen LogP contribution in [-0.2, 0) is 0 Å². The first-order valence-electron chi connectivity index (χ1n) is 7.47. The van der Waals surface area contributed by atoms with Gasteiger partial charge in [0.25, 0.3) is 0 Å². The molecule has 0 saturated carbocycles. The highest BCUT2D eigenvalue weighted by atomic mass is 35.5. The van der Waals surface area contributed by atoms with Crippen molar-refractivity contribution in [1.82, 2.24) is 9.88 Å². The Morgan fingerprint density at radius 3 is 2.95 bits per heavy atom. The predicted octanol–water partition coefficient (Wildman–Crippen LogP) is 2.50. The Morgan fingerprint density at radius 1 is 1.38 bits per heavy atom. The monoisotopic (exact) mass is 309 g/mol. The zero-order valence-electron chi connectivity index (χ0n) is 12.1. The maximum Gasteiger partial charge on any atom is 0.356 e. The molecule has 0 bridgehead atoms. The van der Waals surface area contributed by atoms with Crippen molar-refractivity contribution >= 4 is 23.4 Å². The molecule has 1 aromatic heterocycles. The third kappa shape index (κ3) is 2.85. The molecule has 21 heavy (non-hydrogen) atoms. The fourth-order valence-electron chi connectivity index (χ4n) is 3.41. The Bertz CT molecular complexity index is 552. The molecule has 6 heteroatoms. The summed E-state index contributed by atoms with van der Waals surface area (Å²) in [6, 6.07) is 4.34. The molecule has 114 valence electrons. The van der Waals surface area contributed by atoms with Crippen LogP contribution in [-0.4, -0.2) is 52.7 Å². The Kier molecular flexibility index (Phi) is 4.04. The molecule has 0 aromatic carbocycles. The number of hydrogen-bond donors (Lipinski definition) is 1. The second-order valence-electron chi connectivity index (χ2n) is 5.95. The van der Waals surface area contributed by atoms with E-state index >= 15 is 0 Å². The molecule has 1 N–H and O–H groups in total. The van der Waals surface area contributed by atoms with E-state index in [-0.39, 0.29) is 10.7 Å². The van der Waals surface area contributed by atoms with Crippen LogP contribution in [0.4, 0.5) is 5.82 Å². The summed E-state index contributed by atoms with van der Waals surface area (Å²) in [5, 5.41) is 9.36. The molecule has 2 atom stereocenters. The highest BCUT2D eigenvalue weighted by Crippen LogP contribution is 2.28. The van der Waals surface area contributed by atoms with E-state index in [1.807, 2.05) is 6.07 Å². The topological polar surface area (TPSA) is 56.7 Å². The van der Waals surface area contributed by atoms with E-state index in [0.29, 0.717) is 12.1 Å². The summed E-state index contributed by atoms with van der Waals surface area (Å²) >= 11 is 5.91. The minimum Gasteiger partial charge on any atom is -0.476 e. The van der Waals surface area contributed by atoms with E-state index in [0.717, 1.165) is 18.9 Å². The van der Waals surface area contributed by atoms with Gasteiger partial charge in [0.2, 0.25) is 0 Å². The number of nitrogens with zero attached hydrogens (tertiary/aromatic N) is 3. The number of carbonyl (C=O) groups is 1. The molecule has 0 aliphatic carbocycles. The summed E-state index contributed by atoms with van der Waals surface area (Å²) in [6.45, 7) is 5.27. The molecule has 2 aliphatic heterocycles. The van der Waals surface area contributed by atoms with Gasteiger partial charge in [0.1, 0.15) is 5.82 Å². The predicted molar refractivity (Wildman–Crippen MR) is 82.2 cm³/mol. The van der Waals surface area contributed by atoms with Crippen LogP contribution in [0.5, 0.6) is 0 Å². The van der Waals surface area contributed by atoms with Crippen molar-refractivity contribution in [3.8, 4) is 0 Å². The van der Waals surface area contributed by atoms with Gasteiger partial charge in [-0.1, -0.05) is 18.0 Å². The van der Waals surface area contributed by atoms with Gasteiger partial charge in [0.15, 0.2) is 5.69 Å². The Balaban J connectivity index is 1.85. The highest BCUT2D eigenvalue weighted by molar-refractivity contribution is 6.33. The number of hydrogen-bond acceptors (Lipinski definition) is 4. The van der Waals surface area contributed by atoms with Gasteiger partial charge in [-0.25, -0.2) is 9.78 Å². The molecule has 5 nitrogen and oxygen atoms in total. The Morgan fingerprint density at radius 2 is 2.19 bits per heavy atom. The van der Waals surface area contributed by atoms with E-state index in [9.17, 15) is 4.79 Å². The van der Waals surface area contributed by atoms with Crippen LogP contribution >= 0.6 is 11.6 Å². The number of aromatic nitrogens is 1. The summed E-state index contributed by atoms with van der Waals surface area (Å²) in [5.41, 5.74) is -0.0626. The van der Waals surface area contributed by atoms with E-state index in [1.54, 1.807) is 6.07 Å². The molecule has 2 fully saturated rings. The summed E-state index contributed by atoms with van der Waals surface area (Å²) < 4.78 is 0. The van der Waals surface area contributed by atoms with E-state index < -0.39 is 5.97 Å². The second-order valence-corrected chi connectivity index (χ2v) is 6.36. The minimum atomic E-state index is -1.08. The number of fused-ring (bicyclic) bond motifs is 1.